The summed E-state index contributed by atoms with van der Waals surface area (Å²) in [5, 5.41) is 11.1. The van der Waals surface area contributed by atoms with Crippen LogP contribution >= 0.6 is 11.8 Å². The van der Waals surface area contributed by atoms with Gasteiger partial charge in [-0.05, 0) is 42.5 Å². The zero-order valence-electron chi connectivity index (χ0n) is 14.9. The number of alkyl halides is 6. The molecule has 0 radical (unpaired) electrons. The number of nitriles is 1. The van der Waals surface area contributed by atoms with Gasteiger partial charge in [-0.2, -0.15) is 31.6 Å². The van der Waals surface area contributed by atoms with Crippen molar-refractivity contribution in [3.05, 3.63) is 59.2 Å². The molecule has 10 heteroatoms. The number of carbonyl (C=O) groups is 1. The molecule has 0 aliphatic heterocycles. The summed E-state index contributed by atoms with van der Waals surface area (Å²) in [6, 6.07) is 8.74. The predicted molar refractivity (Wildman–Crippen MR) is 96.1 cm³/mol. The second kappa shape index (κ2) is 8.78. The normalized spacial score (nSPS) is 12.9. The molecule has 1 atom stereocenters. The van der Waals surface area contributed by atoms with E-state index in [0.29, 0.717) is 11.0 Å². The van der Waals surface area contributed by atoms with Gasteiger partial charge in [-0.25, -0.2) is 0 Å². The fraction of sp³-hybridized carbons (Fsp3) is 0.263. The summed E-state index contributed by atoms with van der Waals surface area (Å²) in [5.74, 6) is -0.978. The lowest BCUT2D eigenvalue weighted by Gasteiger charge is -2.14. The number of amides is 1. The Morgan fingerprint density at radius 1 is 1.07 bits per heavy atom. The number of anilines is 1. The molecule has 0 aliphatic rings. The summed E-state index contributed by atoms with van der Waals surface area (Å²) in [5.41, 5.74) is -2.59. The second-order valence-electron chi connectivity index (χ2n) is 6.09. The predicted octanol–water partition coefficient (Wildman–Crippen LogP) is 5.96. The highest BCUT2D eigenvalue weighted by Crippen LogP contribution is 2.34. The van der Waals surface area contributed by atoms with E-state index in [1.165, 1.54) is 24.3 Å². The molecule has 0 heterocycles. The summed E-state index contributed by atoms with van der Waals surface area (Å²) in [6.07, 6.45) is -9.18. The minimum Gasteiger partial charge on any atom is -0.326 e. The van der Waals surface area contributed by atoms with Gasteiger partial charge in [0.05, 0.1) is 22.8 Å². The highest BCUT2D eigenvalue weighted by Gasteiger charge is 2.34. The quantitative estimate of drug-likeness (QED) is 0.468. The summed E-state index contributed by atoms with van der Waals surface area (Å²) in [4.78, 5) is 12.7. The number of nitrogens with one attached hydrogen (secondary N) is 1. The fourth-order valence-electron chi connectivity index (χ4n) is 2.26. The van der Waals surface area contributed by atoms with Gasteiger partial charge in [0.1, 0.15) is 0 Å². The third-order valence-electron chi connectivity index (χ3n) is 3.84. The van der Waals surface area contributed by atoms with Crippen LogP contribution in [0.25, 0.3) is 0 Å². The summed E-state index contributed by atoms with van der Waals surface area (Å²) < 4.78 is 76.6. The van der Waals surface area contributed by atoms with Crippen LogP contribution in [-0.2, 0) is 17.1 Å². The van der Waals surface area contributed by atoms with Gasteiger partial charge in [0.25, 0.3) is 0 Å². The molecule has 1 unspecified atom stereocenters. The molecule has 3 nitrogen and oxygen atoms in total. The Hall–Kier alpha value is -2.67. The van der Waals surface area contributed by atoms with Gasteiger partial charge >= 0.3 is 12.4 Å². The van der Waals surface area contributed by atoms with E-state index >= 15 is 0 Å². The smallest absolute Gasteiger partial charge is 0.326 e. The van der Waals surface area contributed by atoms with E-state index in [-0.39, 0.29) is 11.4 Å². The summed E-state index contributed by atoms with van der Waals surface area (Å²) in [6.45, 7) is 1.54. The van der Waals surface area contributed by atoms with Crippen molar-refractivity contribution in [1.29, 1.82) is 5.26 Å². The molecule has 2 rings (SSSR count). The number of hydrogen-bond acceptors (Lipinski definition) is 3. The maximum absolute atomic E-state index is 13.0. The molecule has 0 fully saturated rings. The highest BCUT2D eigenvalue weighted by molar-refractivity contribution is 7.99. The van der Waals surface area contributed by atoms with Crippen LogP contribution in [0.15, 0.2) is 47.4 Å². The standard InChI is InChI=1S/C19H14F6N2OS/c1-11(10-29-15-6-3-13(4-7-15)18(20,21)22)17(28)27-14-5-2-12(9-26)16(8-14)19(23,24)25/h2-8,11H,10H2,1H3,(H,27,28). The molecule has 154 valence electrons. The molecule has 0 spiro atoms. The molecule has 29 heavy (non-hydrogen) atoms. The zero-order chi connectivity index (χ0) is 21.8. The summed E-state index contributed by atoms with van der Waals surface area (Å²) in [7, 11) is 0. The van der Waals surface area contributed by atoms with Crippen molar-refractivity contribution in [3.8, 4) is 6.07 Å². The van der Waals surface area contributed by atoms with Crippen molar-refractivity contribution in [3.63, 3.8) is 0 Å². The average molecular weight is 432 g/mol. The van der Waals surface area contributed by atoms with Crippen LogP contribution in [0, 0.1) is 17.2 Å². The van der Waals surface area contributed by atoms with Crippen LogP contribution < -0.4 is 5.32 Å². The molecule has 2 aromatic carbocycles. The van der Waals surface area contributed by atoms with E-state index in [4.69, 9.17) is 5.26 Å². The van der Waals surface area contributed by atoms with Gasteiger partial charge in [0.2, 0.25) is 5.91 Å². The maximum Gasteiger partial charge on any atom is 0.417 e. The number of benzene rings is 2. The molecule has 0 saturated heterocycles. The third-order valence-corrected chi connectivity index (χ3v) is 5.11. The van der Waals surface area contributed by atoms with Gasteiger partial charge in [0.15, 0.2) is 0 Å². The first-order chi connectivity index (χ1) is 13.4. The molecule has 0 aliphatic carbocycles. The van der Waals surface area contributed by atoms with Gasteiger partial charge in [-0.1, -0.05) is 6.92 Å². The topological polar surface area (TPSA) is 52.9 Å². The van der Waals surface area contributed by atoms with E-state index in [1.807, 2.05) is 0 Å². The largest absolute Gasteiger partial charge is 0.417 e. The second-order valence-corrected chi connectivity index (χ2v) is 7.19. The Kier molecular flexibility index (Phi) is 6.85. The lowest BCUT2D eigenvalue weighted by molar-refractivity contribution is -0.138. The van der Waals surface area contributed by atoms with Gasteiger partial charge in [-0.3, -0.25) is 4.79 Å². The van der Waals surface area contributed by atoms with Crippen LogP contribution in [0.3, 0.4) is 0 Å². The molecule has 2 aromatic rings. The van der Waals surface area contributed by atoms with Crippen molar-refractivity contribution < 1.29 is 31.1 Å². The van der Waals surface area contributed by atoms with Crippen LogP contribution in [-0.4, -0.2) is 11.7 Å². The van der Waals surface area contributed by atoms with Gasteiger partial charge < -0.3 is 5.32 Å². The monoisotopic (exact) mass is 432 g/mol. The van der Waals surface area contributed by atoms with Gasteiger partial charge in [0, 0.05) is 22.3 Å². The molecular weight excluding hydrogens is 418 g/mol. The Morgan fingerprint density at radius 2 is 1.69 bits per heavy atom. The number of carbonyl (C=O) groups excluding carboxylic acids is 1. The molecule has 0 saturated carbocycles. The lowest BCUT2D eigenvalue weighted by Crippen LogP contribution is -2.22. The Balaban J connectivity index is 2.00. The number of hydrogen-bond donors (Lipinski definition) is 1. The summed E-state index contributed by atoms with van der Waals surface area (Å²) >= 11 is 1.15. The maximum atomic E-state index is 13.0. The van der Waals surface area contributed by atoms with E-state index < -0.39 is 40.9 Å². The molecule has 0 aromatic heterocycles. The van der Waals surface area contributed by atoms with E-state index in [9.17, 15) is 31.1 Å². The van der Waals surface area contributed by atoms with E-state index in [1.54, 1.807) is 6.92 Å². The van der Waals surface area contributed by atoms with Crippen molar-refractivity contribution in [1.82, 2.24) is 0 Å². The van der Waals surface area contributed by atoms with Crippen LogP contribution in [0.2, 0.25) is 0 Å². The van der Waals surface area contributed by atoms with Crippen LogP contribution in [0.5, 0.6) is 0 Å². The first-order valence-electron chi connectivity index (χ1n) is 8.14. The number of halogens is 6. The molecular formula is C19H14F6N2OS. The Labute approximate surface area is 166 Å². The molecule has 1 amide bonds. The average Bonchev–Trinajstić information content (AvgIpc) is 2.65. The minimum atomic E-state index is -4.74. The molecule has 0 bridgehead atoms. The van der Waals surface area contributed by atoms with Crippen molar-refractivity contribution in [2.24, 2.45) is 5.92 Å². The van der Waals surface area contributed by atoms with E-state index in [2.05, 4.69) is 5.32 Å². The number of nitrogens with zero attached hydrogens (tertiary/aromatic N) is 1. The van der Waals surface area contributed by atoms with Crippen LogP contribution in [0.4, 0.5) is 32.0 Å². The first-order valence-corrected chi connectivity index (χ1v) is 9.12. The number of thioether (sulfide) groups is 1. The van der Waals surface area contributed by atoms with Crippen molar-refractivity contribution >= 4 is 23.4 Å². The Bertz CT molecular complexity index is 916. The zero-order valence-corrected chi connectivity index (χ0v) is 15.7. The van der Waals surface area contributed by atoms with E-state index in [0.717, 1.165) is 30.0 Å². The highest BCUT2D eigenvalue weighted by atomic mass is 32.2. The SMILES string of the molecule is CC(CSc1ccc(C(F)(F)F)cc1)C(=O)Nc1ccc(C#N)c(C(F)(F)F)c1. The van der Waals surface area contributed by atoms with Crippen molar-refractivity contribution in [2.45, 2.75) is 24.2 Å². The third kappa shape index (κ3) is 6.15. The Morgan fingerprint density at radius 3 is 2.21 bits per heavy atom. The number of rotatable bonds is 5. The fourth-order valence-corrected chi connectivity index (χ4v) is 3.18. The van der Waals surface area contributed by atoms with Crippen LogP contribution in [0.1, 0.15) is 23.6 Å². The lowest BCUT2D eigenvalue weighted by atomic mass is 10.1. The van der Waals surface area contributed by atoms with Gasteiger partial charge in [-0.15, -0.1) is 11.8 Å². The molecule has 1 N–H and O–H groups in total. The minimum absolute atomic E-state index is 0.104. The van der Waals surface area contributed by atoms with Crippen molar-refractivity contribution in [2.75, 3.05) is 11.1 Å². The first kappa shape index (κ1) is 22.6.